The molecule has 1 aromatic carbocycles. The van der Waals surface area contributed by atoms with E-state index in [1.54, 1.807) is 18.3 Å². The zero-order valence-corrected chi connectivity index (χ0v) is 10.5. The minimum Gasteiger partial charge on any atom is -0.399 e. The molecule has 0 bridgehead atoms. The van der Waals surface area contributed by atoms with Gasteiger partial charge in [-0.3, -0.25) is 10.1 Å². The van der Waals surface area contributed by atoms with E-state index in [4.69, 9.17) is 11.5 Å². The van der Waals surface area contributed by atoms with Crippen molar-refractivity contribution in [2.45, 2.75) is 11.8 Å². The Kier molecular flexibility index (Phi) is 3.92. The van der Waals surface area contributed by atoms with Crippen LogP contribution >= 0.6 is 0 Å². The van der Waals surface area contributed by atoms with Gasteiger partial charge in [0.2, 0.25) is 5.91 Å². The quantitative estimate of drug-likeness (QED) is 0.640. The van der Waals surface area contributed by atoms with Crippen molar-refractivity contribution in [3.63, 3.8) is 0 Å². The minimum atomic E-state index is -3.86. The highest BCUT2D eigenvalue weighted by atomic mass is 32.2. The number of imide groups is 1. The summed E-state index contributed by atoms with van der Waals surface area (Å²) in [5, 5.41) is 1.69. The molecule has 5 N–H and O–H groups in total. The summed E-state index contributed by atoms with van der Waals surface area (Å²) < 4.78 is 23.9. The molecule has 0 saturated heterocycles. The van der Waals surface area contributed by atoms with Crippen LogP contribution in [0, 0.1) is 6.92 Å². The van der Waals surface area contributed by atoms with Crippen molar-refractivity contribution in [3.8, 4) is 0 Å². The number of nitrogens with two attached hydrogens (primary N) is 2. The Morgan fingerprint density at radius 3 is 2.50 bits per heavy atom. The molecule has 8 heteroatoms. The van der Waals surface area contributed by atoms with Gasteiger partial charge < -0.3 is 11.5 Å². The number of urea groups is 1. The zero-order valence-electron chi connectivity index (χ0n) is 9.64. The molecular formula is C10H13N3O4S. The summed E-state index contributed by atoms with van der Waals surface area (Å²) in [6.45, 7) is 1.58. The van der Waals surface area contributed by atoms with Gasteiger partial charge in [-0.05, 0) is 24.6 Å². The number of rotatable bonds is 3. The highest BCUT2D eigenvalue weighted by molar-refractivity contribution is 7.92. The van der Waals surface area contributed by atoms with Gasteiger partial charge in [0.15, 0.2) is 9.84 Å². The normalized spacial score (nSPS) is 10.9. The summed E-state index contributed by atoms with van der Waals surface area (Å²) >= 11 is 0. The summed E-state index contributed by atoms with van der Waals surface area (Å²) in [4.78, 5) is 21.6. The van der Waals surface area contributed by atoms with Crippen LogP contribution in [0.1, 0.15) is 5.56 Å². The summed E-state index contributed by atoms with van der Waals surface area (Å²) in [6.07, 6.45) is 0. The van der Waals surface area contributed by atoms with E-state index >= 15 is 0 Å². The van der Waals surface area contributed by atoms with Crippen molar-refractivity contribution in [2.24, 2.45) is 5.73 Å². The number of nitrogen functional groups attached to an aromatic ring is 1. The van der Waals surface area contributed by atoms with Crippen LogP contribution in [0.3, 0.4) is 0 Å². The fourth-order valence-corrected chi connectivity index (χ4v) is 2.82. The predicted octanol–water partition coefficient (Wildman–Crippen LogP) is -0.454. The lowest BCUT2D eigenvalue weighted by molar-refractivity contribution is -0.117. The Labute approximate surface area is 104 Å². The van der Waals surface area contributed by atoms with E-state index in [-0.39, 0.29) is 10.6 Å². The smallest absolute Gasteiger partial charge is 0.318 e. The molecule has 98 valence electrons. The van der Waals surface area contributed by atoms with E-state index in [1.807, 2.05) is 0 Å². The molecule has 3 amide bonds. The second-order valence-electron chi connectivity index (χ2n) is 3.70. The maximum Gasteiger partial charge on any atom is 0.318 e. The maximum absolute atomic E-state index is 11.9. The molecule has 0 saturated carbocycles. The number of primary amides is 1. The van der Waals surface area contributed by atoms with Gasteiger partial charge in [0.25, 0.3) is 0 Å². The van der Waals surface area contributed by atoms with E-state index in [1.165, 1.54) is 12.1 Å². The Hall–Kier alpha value is -2.09. The number of benzene rings is 1. The number of aryl methyl sites for hydroxylation is 1. The Bertz CT molecular complexity index is 595. The Balaban J connectivity index is 3.03. The lowest BCUT2D eigenvalue weighted by Gasteiger charge is -2.08. The number of amides is 3. The molecule has 0 aliphatic carbocycles. The molecule has 0 aliphatic rings. The van der Waals surface area contributed by atoms with Gasteiger partial charge in [-0.25, -0.2) is 13.2 Å². The van der Waals surface area contributed by atoms with Gasteiger partial charge in [-0.2, -0.15) is 0 Å². The van der Waals surface area contributed by atoms with Crippen molar-refractivity contribution < 1.29 is 18.0 Å². The van der Waals surface area contributed by atoms with Crippen LogP contribution < -0.4 is 16.8 Å². The third-order valence-electron chi connectivity index (χ3n) is 2.13. The van der Waals surface area contributed by atoms with Gasteiger partial charge in [0.1, 0.15) is 5.75 Å². The molecular weight excluding hydrogens is 258 g/mol. The van der Waals surface area contributed by atoms with Crippen LogP contribution in [0.5, 0.6) is 0 Å². The molecule has 0 atom stereocenters. The van der Waals surface area contributed by atoms with E-state index in [0.29, 0.717) is 5.56 Å². The molecule has 0 spiro atoms. The highest BCUT2D eigenvalue weighted by Gasteiger charge is 2.22. The lowest BCUT2D eigenvalue weighted by atomic mass is 10.2. The summed E-state index contributed by atoms with van der Waals surface area (Å²) in [5.74, 6) is -1.84. The van der Waals surface area contributed by atoms with Gasteiger partial charge in [0.05, 0.1) is 4.90 Å². The number of anilines is 1. The summed E-state index contributed by atoms with van der Waals surface area (Å²) in [5.41, 5.74) is 11.0. The van der Waals surface area contributed by atoms with Crippen molar-refractivity contribution in [3.05, 3.63) is 23.8 Å². The molecule has 1 aromatic rings. The maximum atomic E-state index is 11.9. The number of nitrogens with one attached hydrogen (secondary N) is 1. The molecule has 1 rings (SSSR count). The molecule has 0 unspecified atom stereocenters. The van der Waals surface area contributed by atoms with E-state index in [2.05, 4.69) is 0 Å². The third-order valence-corrected chi connectivity index (χ3v) is 3.88. The van der Waals surface area contributed by atoms with Crippen molar-refractivity contribution in [1.29, 1.82) is 0 Å². The average molecular weight is 271 g/mol. The molecule has 18 heavy (non-hydrogen) atoms. The minimum absolute atomic E-state index is 0.0397. The van der Waals surface area contributed by atoms with Crippen LogP contribution in [0.2, 0.25) is 0 Å². The van der Waals surface area contributed by atoms with Gasteiger partial charge in [-0.1, -0.05) is 6.07 Å². The first-order valence-corrected chi connectivity index (χ1v) is 6.56. The van der Waals surface area contributed by atoms with Crippen LogP contribution in [0.4, 0.5) is 10.5 Å². The first kappa shape index (κ1) is 14.0. The third kappa shape index (κ3) is 3.45. The average Bonchev–Trinajstić information content (AvgIpc) is 2.19. The van der Waals surface area contributed by atoms with Crippen LogP contribution in [0.25, 0.3) is 0 Å². The molecule has 0 radical (unpaired) electrons. The first-order chi connectivity index (χ1) is 8.22. The van der Waals surface area contributed by atoms with Gasteiger partial charge >= 0.3 is 6.03 Å². The second-order valence-corrected chi connectivity index (χ2v) is 5.65. The number of carbonyl (C=O) groups excluding carboxylic acids is 2. The van der Waals surface area contributed by atoms with E-state index in [0.717, 1.165) is 0 Å². The molecule has 7 nitrogen and oxygen atoms in total. The number of hydrogen-bond donors (Lipinski definition) is 3. The highest BCUT2D eigenvalue weighted by Crippen LogP contribution is 2.19. The molecule has 0 heterocycles. The van der Waals surface area contributed by atoms with E-state index < -0.39 is 27.5 Å². The molecule has 0 aromatic heterocycles. The first-order valence-electron chi connectivity index (χ1n) is 4.90. The predicted molar refractivity (Wildman–Crippen MR) is 65.4 cm³/mol. The molecule has 0 fully saturated rings. The number of hydrogen-bond acceptors (Lipinski definition) is 5. The zero-order chi connectivity index (χ0) is 13.9. The second kappa shape index (κ2) is 5.05. The van der Waals surface area contributed by atoms with Crippen molar-refractivity contribution >= 4 is 27.5 Å². The van der Waals surface area contributed by atoms with Crippen LogP contribution in [-0.2, 0) is 14.6 Å². The number of sulfone groups is 1. The van der Waals surface area contributed by atoms with Crippen molar-refractivity contribution in [1.82, 2.24) is 5.32 Å². The fraction of sp³-hybridized carbons (Fsp3) is 0.200. The topological polar surface area (TPSA) is 132 Å². The standard InChI is InChI=1S/C10H13N3O4S/c1-6-2-3-7(11)4-8(6)18(16,17)5-9(14)13-10(12)15/h2-4H,5,11H2,1H3,(H3,12,13,14,15). The van der Waals surface area contributed by atoms with Crippen LogP contribution in [-0.4, -0.2) is 26.1 Å². The van der Waals surface area contributed by atoms with Crippen molar-refractivity contribution in [2.75, 3.05) is 11.5 Å². The lowest BCUT2D eigenvalue weighted by Crippen LogP contribution is -2.38. The fourth-order valence-electron chi connectivity index (χ4n) is 1.38. The van der Waals surface area contributed by atoms with Gasteiger partial charge in [0, 0.05) is 5.69 Å². The van der Waals surface area contributed by atoms with Crippen LogP contribution in [0.15, 0.2) is 23.1 Å². The van der Waals surface area contributed by atoms with Gasteiger partial charge in [-0.15, -0.1) is 0 Å². The SMILES string of the molecule is Cc1ccc(N)cc1S(=O)(=O)CC(=O)NC(N)=O. The number of carbonyl (C=O) groups is 2. The largest absolute Gasteiger partial charge is 0.399 e. The summed E-state index contributed by atoms with van der Waals surface area (Å²) in [7, 11) is -3.86. The Morgan fingerprint density at radius 1 is 1.33 bits per heavy atom. The summed E-state index contributed by atoms with van der Waals surface area (Å²) in [6, 6.07) is 3.26. The monoisotopic (exact) mass is 271 g/mol. The molecule has 0 aliphatic heterocycles. The Morgan fingerprint density at radius 2 is 1.94 bits per heavy atom. The van der Waals surface area contributed by atoms with E-state index in [9.17, 15) is 18.0 Å².